The van der Waals surface area contributed by atoms with Crippen molar-refractivity contribution in [1.82, 2.24) is 4.98 Å². The molecule has 0 radical (unpaired) electrons. The summed E-state index contributed by atoms with van der Waals surface area (Å²) >= 11 is 1.58. The number of carbonyl (C=O) groups excluding carboxylic acids is 1. The molecule has 0 unspecified atom stereocenters. The molecule has 4 nitrogen and oxygen atoms in total. The number of aromatic nitrogens is 1. The monoisotopic (exact) mass is 328 g/mol. The molecule has 0 saturated carbocycles. The first kappa shape index (κ1) is 15.7. The second kappa shape index (κ2) is 7.42. The molecular weight excluding hydrogens is 308 g/mol. The number of rotatable bonds is 6. The Balaban J connectivity index is 1.64. The summed E-state index contributed by atoms with van der Waals surface area (Å²) < 4.78 is 5.68. The number of amides is 1. The number of hydrogen-bond acceptors (Lipinski definition) is 4. The summed E-state index contributed by atoms with van der Waals surface area (Å²) in [6.07, 6.45) is 7.55. The molecular formula is C18H20N2O2S. The highest BCUT2D eigenvalue weighted by atomic mass is 32.1. The van der Waals surface area contributed by atoms with E-state index < -0.39 is 0 Å². The zero-order valence-electron chi connectivity index (χ0n) is 13.2. The minimum Gasteiger partial charge on any atom is -0.493 e. The van der Waals surface area contributed by atoms with Crippen LogP contribution in [-0.2, 0) is 17.6 Å². The Morgan fingerprint density at radius 3 is 3.09 bits per heavy atom. The van der Waals surface area contributed by atoms with E-state index in [4.69, 9.17) is 4.74 Å². The third-order valence-corrected chi connectivity index (χ3v) is 4.69. The Bertz CT molecular complexity index is 700. The number of nitrogens with one attached hydrogen (secondary N) is 1. The van der Waals surface area contributed by atoms with Crippen molar-refractivity contribution >= 4 is 28.5 Å². The van der Waals surface area contributed by atoms with Crippen LogP contribution >= 0.6 is 11.3 Å². The highest BCUT2D eigenvalue weighted by Gasteiger charge is 2.17. The number of carbonyl (C=O) groups is 1. The number of fused-ring (bicyclic) bond motifs is 1. The second-order valence-corrected chi connectivity index (χ2v) is 6.53. The Morgan fingerprint density at radius 2 is 2.26 bits per heavy atom. The van der Waals surface area contributed by atoms with E-state index in [2.05, 4.69) is 17.2 Å². The lowest BCUT2D eigenvalue weighted by Gasteiger charge is -2.07. The maximum Gasteiger partial charge on any atom is 0.250 e. The van der Waals surface area contributed by atoms with Gasteiger partial charge >= 0.3 is 0 Å². The molecule has 1 N–H and O–H groups in total. The average molecular weight is 328 g/mol. The van der Waals surface area contributed by atoms with Crippen molar-refractivity contribution in [3.05, 3.63) is 46.5 Å². The van der Waals surface area contributed by atoms with Crippen molar-refractivity contribution in [3.63, 3.8) is 0 Å². The number of nitrogens with zero attached hydrogens (tertiary/aromatic N) is 1. The summed E-state index contributed by atoms with van der Waals surface area (Å²) in [5.41, 5.74) is 2.05. The molecule has 1 heterocycles. The van der Waals surface area contributed by atoms with Gasteiger partial charge in [-0.15, -0.1) is 11.3 Å². The number of thiazole rings is 1. The Morgan fingerprint density at radius 1 is 1.39 bits per heavy atom. The molecule has 0 saturated heterocycles. The fraction of sp³-hybridized carbons (Fsp3) is 0.333. The maximum atomic E-state index is 12.1. The number of para-hydroxylation sites is 1. The van der Waals surface area contributed by atoms with Gasteiger partial charge in [-0.25, -0.2) is 4.98 Å². The van der Waals surface area contributed by atoms with Crippen LogP contribution in [0.5, 0.6) is 5.75 Å². The minimum atomic E-state index is -0.164. The van der Waals surface area contributed by atoms with Crippen LogP contribution in [0.15, 0.2) is 30.3 Å². The highest BCUT2D eigenvalue weighted by molar-refractivity contribution is 7.15. The quantitative estimate of drug-likeness (QED) is 0.813. The van der Waals surface area contributed by atoms with E-state index in [1.807, 2.05) is 24.3 Å². The van der Waals surface area contributed by atoms with Gasteiger partial charge < -0.3 is 4.74 Å². The fourth-order valence-electron chi connectivity index (χ4n) is 2.52. The van der Waals surface area contributed by atoms with E-state index in [0.29, 0.717) is 11.7 Å². The molecule has 23 heavy (non-hydrogen) atoms. The molecule has 1 aromatic heterocycles. The largest absolute Gasteiger partial charge is 0.493 e. The smallest absolute Gasteiger partial charge is 0.250 e. The van der Waals surface area contributed by atoms with Gasteiger partial charge in [-0.3, -0.25) is 10.1 Å². The fourth-order valence-corrected chi connectivity index (χ4v) is 3.57. The summed E-state index contributed by atoms with van der Waals surface area (Å²) in [7, 11) is 0. The zero-order chi connectivity index (χ0) is 16.1. The third-order valence-electron chi connectivity index (χ3n) is 3.62. The number of benzene rings is 1. The van der Waals surface area contributed by atoms with Crippen LogP contribution in [0.1, 0.15) is 35.9 Å². The van der Waals surface area contributed by atoms with Crippen LogP contribution < -0.4 is 10.1 Å². The molecule has 1 amide bonds. The molecule has 0 bridgehead atoms. The van der Waals surface area contributed by atoms with E-state index in [1.54, 1.807) is 17.4 Å². The zero-order valence-corrected chi connectivity index (χ0v) is 14.0. The van der Waals surface area contributed by atoms with Gasteiger partial charge in [0, 0.05) is 16.5 Å². The molecule has 3 rings (SSSR count). The summed E-state index contributed by atoms with van der Waals surface area (Å²) in [5, 5.41) is 3.54. The first-order chi connectivity index (χ1) is 11.3. The predicted molar refractivity (Wildman–Crippen MR) is 94.0 cm³/mol. The average Bonchev–Trinajstić information content (AvgIpc) is 3.13. The Kier molecular flexibility index (Phi) is 5.08. The van der Waals surface area contributed by atoms with Crippen molar-refractivity contribution in [1.29, 1.82) is 0 Å². The van der Waals surface area contributed by atoms with Crippen LogP contribution in [0.4, 0.5) is 5.13 Å². The van der Waals surface area contributed by atoms with E-state index in [9.17, 15) is 4.79 Å². The topological polar surface area (TPSA) is 51.2 Å². The number of aryl methyl sites for hydroxylation is 2. The van der Waals surface area contributed by atoms with Gasteiger partial charge in [-0.2, -0.15) is 0 Å². The first-order valence-electron chi connectivity index (χ1n) is 7.95. The molecule has 2 aromatic rings. The van der Waals surface area contributed by atoms with Crippen LogP contribution in [0.25, 0.3) is 6.08 Å². The first-order valence-corrected chi connectivity index (χ1v) is 8.77. The van der Waals surface area contributed by atoms with E-state index in [0.717, 1.165) is 36.3 Å². The highest BCUT2D eigenvalue weighted by Crippen LogP contribution is 2.30. The van der Waals surface area contributed by atoms with Crippen molar-refractivity contribution in [2.75, 3.05) is 11.9 Å². The molecule has 5 heteroatoms. The van der Waals surface area contributed by atoms with E-state index in [-0.39, 0.29) is 5.91 Å². The molecule has 1 aliphatic rings. The van der Waals surface area contributed by atoms with Crippen molar-refractivity contribution in [2.45, 2.75) is 32.6 Å². The number of ether oxygens (including phenoxy) is 1. The summed E-state index contributed by atoms with van der Waals surface area (Å²) in [4.78, 5) is 17.8. The van der Waals surface area contributed by atoms with E-state index in [1.165, 1.54) is 17.4 Å². The van der Waals surface area contributed by atoms with Gasteiger partial charge in [0.2, 0.25) is 5.91 Å². The molecule has 120 valence electrons. The van der Waals surface area contributed by atoms with Crippen molar-refractivity contribution < 1.29 is 9.53 Å². The van der Waals surface area contributed by atoms with Crippen molar-refractivity contribution in [2.24, 2.45) is 0 Å². The standard InChI is InChI=1S/C18H20N2O2S/c1-2-12-22-15-8-4-3-6-13(15)10-11-17(21)20-18-19-14-7-5-9-16(14)23-18/h3-4,6,8,10-11H,2,5,7,9,12H2,1H3,(H,19,20,21)/b11-10+. The third kappa shape index (κ3) is 3.99. The molecule has 1 aliphatic carbocycles. The van der Waals surface area contributed by atoms with Crippen LogP contribution in [-0.4, -0.2) is 17.5 Å². The summed E-state index contributed by atoms with van der Waals surface area (Å²) in [5.74, 6) is 0.634. The minimum absolute atomic E-state index is 0.164. The maximum absolute atomic E-state index is 12.1. The molecule has 0 spiro atoms. The van der Waals surface area contributed by atoms with Crippen LogP contribution in [0.3, 0.4) is 0 Å². The van der Waals surface area contributed by atoms with Gasteiger partial charge in [0.25, 0.3) is 0 Å². The van der Waals surface area contributed by atoms with Gasteiger partial charge in [-0.05, 0) is 37.8 Å². The molecule has 0 atom stereocenters. The van der Waals surface area contributed by atoms with Gasteiger partial charge in [0.1, 0.15) is 5.75 Å². The predicted octanol–water partition coefficient (Wildman–Crippen LogP) is 4.07. The molecule has 1 aromatic carbocycles. The van der Waals surface area contributed by atoms with Gasteiger partial charge in [0.05, 0.1) is 12.3 Å². The lowest BCUT2D eigenvalue weighted by molar-refractivity contribution is -0.111. The molecule has 0 aliphatic heterocycles. The SMILES string of the molecule is CCCOc1ccccc1/C=C/C(=O)Nc1nc2c(s1)CCC2. The van der Waals surface area contributed by atoms with Crippen LogP contribution in [0, 0.1) is 0 Å². The Labute approximate surface area is 140 Å². The number of anilines is 1. The Hall–Kier alpha value is -2.14. The summed E-state index contributed by atoms with van der Waals surface area (Å²) in [6.45, 7) is 2.74. The van der Waals surface area contributed by atoms with Gasteiger partial charge in [0.15, 0.2) is 5.13 Å². The number of hydrogen-bond donors (Lipinski definition) is 1. The lowest BCUT2D eigenvalue weighted by Crippen LogP contribution is -2.07. The molecule has 0 fully saturated rings. The van der Waals surface area contributed by atoms with Gasteiger partial charge in [-0.1, -0.05) is 25.1 Å². The normalized spacial score (nSPS) is 13.3. The van der Waals surface area contributed by atoms with E-state index >= 15 is 0 Å². The summed E-state index contributed by atoms with van der Waals surface area (Å²) in [6, 6.07) is 7.71. The van der Waals surface area contributed by atoms with Crippen molar-refractivity contribution in [3.8, 4) is 5.75 Å². The second-order valence-electron chi connectivity index (χ2n) is 5.45. The van der Waals surface area contributed by atoms with Crippen LogP contribution in [0.2, 0.25) is 0 Å². The lowest BCUT2D eigenvalue weighted by atomic mass is 10.2.